The third-order valence-corrected chi connectivity index (χ3v) is 3.94. The molecule has 0 aromatic carbocycles. The summed E-state index contributed by atoms with van der Waals surface area (Å²) in [4.78, 5) is 13.7. The summed E-state index contributed by atoms with van der Waals surface area (Å²) in [6.45, 7) is 7.53. The largest absolute Gasteiger partial charge is 0.336 e. The maximum atomic E-state index is 11.2. The molecule has 2 fully saturated rings. The molecule has 1 atom stereocenters. The highest BCUT2D eigenvalue weighted by molar-refractivity contribution is 5.77. The summed E-state index contributed by atoms with van der Waals surface area (Å²) < 4.78 is 0. The molecule has 0 aromatic heterocycles. The van der Waals surface area contributed by atoms with Crippen LogP contribution in [-0.2, 0) is 0 Å². The molecule has 2 heterocycles. The van der Waals surface area contributed by atoms with E-state index in [1.807, 2.05) is 0 Å². The van der Waals surface area contributed by atoms with Gasteiger partial charge < -0.3 is 15.5 Å². The van der Waals surface area contributed by atoms with Gasteiger partial charge >= 0.3 is 6.03 Å². The molecular weight excluding hydrogens is 190 g/mol. The SMILES string of the molecule is CCC(C)N1CCC2(CC1)CNC(=O)N2. The highest BCUT2D eigenvalue weighted by Crippen LogP contribution is 2.25. The van der Waals surface area contributed by atoms with Gasteiger partial charge in [0.25, 0.3) is 0 Å². The van der Waals surface area contributed by atoms with Crippen LogP contribution in [0.1, 0.15) is 33.1 Å². The van der Waals surface area contributed by atoms with Crippen LogP contribution in [0.5, 0.6) is 0 Å². The molecular formula is C11H21N3O. The lowest BCUT2D eigenvalue weighted by Gasteiger charge is -2.40. The maximum Gasteiger partial charge on any atom is 0.315 e. The van der Waals surface area contributed by atoms with E-state index in [1.54, 1.807) is 0 Å². The summed E-state index contributed by atoms with van der Waals surface area (Å²) in [5.74, 6) is 0. The first kappa shape index (κ1) is 10.7. The second-order valence-electron chi connectivity index (χ2n) is 4.88. The van der Waals surface area contributed by atoms with Crippen molar-refractivity contribution in [3.63, 3.8) is 0 Å². The van der Waals surface area contributed by atoms with Gasteiger partial charge in [0.05, 0.1) is 5.54 Å². The van der Waals surface area contributed by atoms with Gasteiger partial charge in [0.1, 0.15) is 0 Å². The van der Waals surface area contributed by atoms with E-state index >= 15 is 0 Å². The number of hydrogen-bond donors (Lipinski definition) is 2. The summed E-state index contributed by atoms with van der Waals surface area (Å²) in [6.07, 6.45) is 3.36. The molecule has 1 unspecified atom stereocenters. The molecule has 0 aliphatic carbocycles. The van der Waals surface area contributed by atoms with Crippen molar-refractivity contribution in [1.29, 1.82) is 0 Å². The highest BCUT2D eigenvalue weighted by atomic mass is 16.2. The van der Waals surface area contributed by atoms with Crippen molar-refractivity contribution >= 4 is 6.03 Å². The number of nitrogens with one attached hydrogen (secondary N) is 2. The second kappa shape index (κ2) is 4.00. The van der Waals surface area contributed by atoms with Crippen LogP contribution in [0.15, 0.2) is 0 Å². The molecule has 0 bridgehead atoms. The lowest BCUT2D eigenvalue weighted by Crippen LogP contribution is -2.54. The molecule has 86 valence electrons. The molecule has 0 radical (unpaired) electrons. The van der Waals surface area contributed by atoms with Crippen LogP contribution in [0.4, 0.5) is 4.79 Å². The Morgan fingerprint density at radius 3 is 2.60 bits per heavy atom. The van der Waals surface area contributed by atoms with Crippen molar-refractivity contribution in [3.8, 4) is 0 Å². The number of rotatable bonds is 2. The van der Waals surface area contributed by atoms with Gasteiger partial charge in [0.15, 0.2) is 0 Å². The first-order valence-electron chi connectivity index (χ1n) is 5.95. The van der Waals surface area contributed by atoms with E-state index in [1.165, 1.54) is 6.42 Å². The number of likely N-dealkylation sites (tertiary alicyclic amines) is 1. The van der Waals surface area contributed by atoms with Crippen LogP contribution in [0, 0.1) is 0 Å². The van der Waals surface area contributed by atoms with Crippen molar-refractivity contribution in [1.82, 2.24) is 15.5 Å². The third-order valence-electron chi connectivity index (χ3n) is 3.94. The van der Waals surface area contributed by atoms with Gasteiger partial charge in [0, 0.05) is 25.7 Å². The van der Waals surface area contributed by atoms with E-state index < -0.39 is 0 Å². The minimum absolute atomic E-state index is 0.00647. The number of hydrogen-bond acceptors (Lipinski definition) is 2. The molecule has 2 amide bonds. The predicted octanol–water partition coefficient (Wildman–Crippen LogP) is 0.932. The van der Waals surface area contributed by atoms with Gasteiger partial charge in [-0.25, -0.2) is 4.79 Å². The average Bonchev–Trinajstić information content (AvgIpc) is 2.60. The number of piperidine rings is 1. The van der Waals surface area contributed by atoms with Crippen molar-refractivity contribution in [3.05, 3.63) is 0 Å². The van der Waals surface area contributed by atoms with Crippen LogP contribution >= 0.6 is 0 Å². The first-order chi connectivity index (χ1) is 7.15. The zero-order chi connectivity index (χ0) is 10.9. The highest BCUT2D eigenvalue weighted by Gasteiger charge is 2.40. The van der Waals surface area contributed by atoms with Crippen LogP contribution in [-0.4, -0.2) is 42.1 Å². The Bertz CT molecular complexity index is 246. The molecule has 4 heteroatoms. The number of amides is 2. The topological polar surface area (TPSA) is 44.4 Å². The molecule has 15 heavy (non-hydrogen) atoms. The van der Waals surface area contributed by atoms with Crippen molar-refractivity contribution < 1.29 is 4.79 Å². The molecule has 2 N–H and O–H groups in total. The Balaban J connectivity index is 1.89. The van der Waals surface area contributed by atoms with Gasteiger partial charge in [-0.1, -0.05) is 6.92 Å². The van der Waals surface area contributed by atoms with E-state index in [9.17, 15) is 4.79 Å². The van der Waals surface area contributed by atoms with Gasteiger partial charge in [-0.3, -0.25) is 0 Å². The van der Waals surface area contributed by atoms with Crippen molar-refractivity contribution in [2.24, 2.45) is 0 Å². The van der Waals surface area contributed by atoms with Gasteiger partial charge in [0.2, 0.25) is 0 Å². The van der Waals surface area contributed by atoms with Crippen LogP contribution in [0.25, 0.3) is 0 Å². The Kier molecular flexibility index (Phi) is 2.87. The third kappa shape index (κ3) is 2.09. The van der Waals surface area contributed by atoms with Crippen molar-refractivity contribution in [2.75, 3.05) is 19.6 Å². The number of urea groups is 1. The zero-order valence-corrected chi connectivity index (χ0v) is 9.68. The van der Waals surface area contributed by atoms with Gasteiger partial charge in [-0.05, 0) is 26.2 Å². The predicted molar refractivity (Wildman–Crippen MR) is 59.8 cm³/mol. The van der Waals surface area contributed by atoms with E-state index in [4.69, 9.17) is 0 Å². The standard InChI is InChI=1S/C11H21N3O/c1-3-9(2)14-6-4-11(5-7-14)8-12-10(15)13-11/h9H,3-8H2,1-2H3,(H2,12,13,15). The Labute approximate surface area is 91.4 Å². The summed E-state index contributed by atoms with van der Waals surface area (Å²) >= 11 is 0. The lowest BCUT2D eigenvalue weighted by atomic mass is 9.88. The molecule has 2 rings (SSSR count). The lowest BCUT2D eigenvalue weighted by molar-refractivity contribution is 0.119. The normalized spacial score (nSPS) is 27.5. The fourth-order valence-corrected chi connectivity index (χ4v) is 2.53. The molecule has 0 saturated carbocycles. The maximum absolute atomic E-state index is 11.2. The fourth-order valence-electron chi connectivity index (χ4n) is 2.53. The summed E-state index contributed by atoms with van der Waals surface area (Å²) in [6, 6.07) is 0.680. The van der Waals surface area contributed by atoms with E-state index in [2.05, 4.69) is 29.4 Å². The minimum atomic E-state index is 0.00647. The smallest absolute Gasteiger partial charge is 0.315 e. The fraction of sp³-hybridized carbons (Fsp3) is 0.909. The van der Waals surface area contributed by atoms with Gasteiger partial charge in [-0.2, -0.15) is 0 Å². The molecule has 0 aromatic rings. The van der Waals surface area contributed by atoms with Crippen LogP contribution in [0.2, 0.25) is 0 Å². The van der Waals surface area contributed by atoms with Gasteiger partial charge in [-0.15, -0.1) is 0 Å². The number of carbonyl (C=O) groups is 1. The molecule has 2 saturated heterocycles. The number of nitrogens with zero attached hydrogens (tertiary/aromatic N) is 1. The zero-order valence-electron chi connectivity index (χ0n) is 9.68. The van der Waals surface area contributed by atoms with Crippen LogP contribution in [0.3, 0.4) is 0 Å². The monoisotopic (exact) mass is 211 g/mol. The average molecular weight is 211 g/mol. The molecule has 4 nitrogen and oxygen atoms in total. The second-order valence-corrected chi connectivity index (χ2v) is 4.88. The summed E-state index contributed by atoms with van der Waals surface area (Å²) in [7, 11) is 0. The van der Waals surface area contributed by atoms with Crippen LogP contribution < -0.4 is 10.6 Å². The Morgan fingerprint density at radius 1 is 1.47 bits per heavy atom. The van der Waals surface area contributed by atoms with E-state index in [-0.39, 0.29) is 11.6 Å². The molecule has 1 spiro atoms. The minimum Gasteiger partial charge on any atom is -0.336 e. The number of carbonyl (C=O) groups excluding carboxylic acids is 1. The quantitative estimate of drug-likeness (QED) is 0.713. The van der Waals surface area contributed by atoms with E-state index in [0.29, 0.717) is 6.04 Å². The Morgan fingerprint density at radius 2 is 2.13 bits per heavy atom. The molecule has 2 aliphatic rings. The van der Waals surface area contributed by atoms with Crippen molar-refractivity contribution in [2.45, 2.75) is 44.7 Å². The van der Waals surface area contributed by atoms with E-state index in [0.717, 1.165) is 32.5 Å². The summed E-state index contributed by atoms with van der Waals surface area (Å²) in [5, 5.41) is 5.94. The molecule has 2 aliphatic heterocycles. The Hall–Kier alpha value is -0.770. The summed E-state index contributed by atoms with van der Waals surface area (Å²) in [5.41, 5.74) is 0.0566. The first-order valence-corrected chi connectivity index (χ1v) is 5.95.